The molecule has 0 bridgehead atoms. The number of amides is 1. The molecule has 0 aromatic heterocycles. The third-order valence-corrected chi connectivity index (χ3v) is 4.07. The Morgan fingerprint density at radius 3 is 2.46 bits per heavy atom. The van der Waals surface area contributed by atoms with Gasteiger partial charge in [-0.1, -0.05) is 19.9 Å². The first-order valence-corrected chi connectivity index (χ1v) is 8.94. The molecule has 0 aliphatic rings. The molecule has 0 radical (unpaired) electrons. The van der Waals surface area contributed by atoms with E-state index >= 15 is 0 Å². The number of benzene rings is 1. The average Bonchev–Trinajstić information content (AvgIpc) is 2.45. The van der Waals surface area contributed by atoms with Gasteiger partial charge in [0.1, 0.15) is 11.4 Å². The summed E-state index contributed by atoms with van der Waals surface area (Å²) in [6.45, 7) is 11.0. The van der Waals surface area contributed by atoms with Crippen LogP contribution >= 0.6 is 15.9 Å². The molecule has 6 heteroatoms. The second-order valence-corrected chi connectivity index (χ2v) is 7.94. The van der Waals surface area contributed by atoms with Crippen LogP contribution in [0.4, 0.5) is 4.79 Å². The predicted octanol–water partition coefficient (Wildman–Crippen LogP) is 4.10. The van der Waals surface area contributed by atoms with Crippen molar-refractivity contribution < 1.29 is 14.3 Å². The zero-order valence-electron chi connectivity index (χ0n) is 15.4. The zero-order valence-corrected chi connectivity index (χ0v) is 17.0. The van der Waals surface area contributed by atoms with Crippen LogP contribution in [0.15, 0.2) is 22.7 Å². The van der Waals surface area contributed by atoms with E-state index in [1.165, 1.54) is 0 Å². The molecular formula is C18H29BrN2O3. The van der Waals surface area contributed by atoms with E-state index in [-0.39, 0.29) is 12.1 Å². The van der Waals surface area contributed by atoms with E-state index in [0.29, 0.717) is 19.0 Å². The van der Waals surface area contributed by atoms with Crippen molar-refractivity contribution in [1.82, 2.24) is 10.6 Å². The first-order chi connectivity index (χ1) is 11.1. The number of hydrogen-bond acceptors (Lipinski definition) is 4. The normalized spacial score (nSPS) is 12.8. The Hall–Kier alpha value is -1.27. The van der Waals surface area contributed by atoms with Crippen LogP contribution in [0.25, 0.3) is 0 Å². The summed E-state index contributed by atoms with van der Waals surface area (Å²) in [6, 6.07) is 6.14. The SMILES string of the molecule is COc1ccc(CNC(CNC(=O)OC(C)(C)C)C(C)C)cc1Br. The van der Waals surface area contributed by atoms with E-state index < -0.39 is 5.60 Å². The summed E-state index contributed by atoms with van der Waals surface area (Å²) in [6.07, 6.45) is -0.387. The molecule has 136 valence electrons. The number of ether oxygens (including phenoxy) is 2. The maximum absolute atomic E-state index is 11.8. The Kier molecular flexibility index (Phi) is 8.03. The summed E-state index contributed by atoms with van der Waals surface area (Å²) >= 11 is 3.49. The van der Waals surface area contributed by atoms with Crippen molar-refractivity contribution in [3.8, 4) is 5.75 Å². The van der Waals surface area contributed by atoms with Gasteiger partial charge in [-0.15, -0.1) is 0 Å². The molecule has 1 amide bonds. The second kappa shape index (κ2) is 9.28. The summed E-state index contributed by atoms with van der Waals surface area (Å²) in [4.78, 5) is 11.8. The van der Waals surface area contributed by atoms with Gasteiger partial charge in [0.15, 0.2) is 0 Å². The molecule has 0 fully saturated rings. The van der Waals surface area contributed by atoms with Crippen LogP contribution in [-0.2, 0) is 11.3 Å². The maximum atomic E-state index is 11.8. The van der Waals surface area contributed by atoms with Gasteiger partial charge in [-0.2, -0.15) is 0 Å². The maximum Gasteiger partial charge on any atom is 0.407 e. The van der Waals surface area contributed by atoms with Crippen LogP contribution in [0.1, 0.15) is 40.2 Å². The summed E-state index contributed by atoms with van der Waals surface area (Å²) in [5, 5.41) is 6.32. The first kappa shape index (κ1) is 20.8. The number of carbonyl (C=O) groups excluding carboxylic acids is 1. The molecule has 0 saturated carbocycles. The van der Waals surface area contributed by atoms with E-state index in [2.05, 4.69) is 40.4 Å². The number of nitrogens with one attached hydrogen (secondary N) is 2. The van der Waals surface area contributed by atoms with E-state index in [9.17, 15) is 4.79 Å². The second-order valence-electron chi connectivity index (χ2n) is 7.08. The highest BCUT2D eigenvalue weighted by Crippen LogP contribution is 2.25. The number of hydrogen-bond donors (Lipinski definition) is 2. The first-order valence-electron chi connectivity index (χ1n) is 8.15. The van der Waals surface area contributed by atoms with Gasteiger partial charge in [-0.3, -0.25) is 0 Å². The van der Waals surface area contributed by atoms with Crippen molar-refractivity contribution in [2.24, 2.45) is 5.92 Å². The van der Waals surface area contributed by atoms with Crippen molar-refractivity contribution in [3.63, 3.8) is 0 Å². The molecule has 0 aliphatic carbocycles. The fourth-order valence-corrected chi connectivity index (χ4v) is 2.71. The molecule has 1 atom stereocenters. The van der Waals surface area contributed by atoms with Crippen molar-refractivity contribution >= 4 is 22.0 Å². The highest BCUT2D eigenvalue weighted by Gasteiger charge is 2.19. The predicted molar refractivity (Wildman–Crippen MR) is 100 cm³/mol. The smallest absolute Gasteiger partial charge is 0.407 e. The highest BCUT2D eigenvalue weighted by atomic mass is 79.9. The van der Waals surface area contributed by atoms with E-state index in [1.54, 1.807) is 7.11 Å². The van der Waals surface area contributed by atoms with Gasteiger partial charge < -0.3 is 20.1 Å². The summed E-state index contributed by atoms with van der Waals surface area (Å²) < 4.78 is 11.4. The molecule has 0 spiro atoms. The number of carbonyl (C=O) groups is 1. The number of halogens is 1. The Balaban J connectivity index is 2.54. The van der Waals surface area contributed by atoms with Gasteiger partial charge in [0, 0.05) is 19.1 Å². The Bertz CT molecular complexity index is 542. The molecule has 0 saturated heterocycles. The van der Waals surface area contributed by atoms with Gasteiger partial charge in [0.2, 0.25) is 0 Å². The van der Waals surface area contributed by atoms with Crippen LogP contribution in [0.5, 0.6) is 5.75 Å². The van der Waals surface area contributed by atoms with Crippen molar-refractivity contribution in [2.75, 3.05) is 13.7 Å². The lowest BCUT2D eigenvalue weighted by Crippen LogP contribution is -2.45. The lowest BCUT2D eigenvalue weighted by atomic mass is 10.0. The number of methoxy groups -OCH3 is 1. The lowest BCUT2D eigenvalue weighted by molar-refractivity contribution is 0.0519. The fourth-order valence-electron chi connectivity index (χ4n) is 2.12. The third-order valence-electron chi connectivity index (χ3n) is 3.45. The van der Waals surface area contributed by atoms with Crippen LogP contribution in [0.2, 0.25) is 0 Å². The summed E-state index contributed by atoms with van der Waals surface area (Å²) in [5.74, 6) is 1.19. The topological polar surface area (TPSA) is 59.6 Å². The Labute approximate surface area is 153 Å². The number of rotatable bonds is 7. The zero-order chi connectivity index (χ0) is 18.3. The highest BCUT2D eigenvalue weighted by molar-refractivity contribution is 9.10. The van der Waals surface area contributed by atoms with Crippen molar-refractivity contribution in [2.45, 2.75) is 52.8 Å². The number of alkyl carbamates (subject to hydrolysis) is 1. The third kappa shape index (κ3) is 7.53. The summed E-state index contributed by atoms with van der Waals surface area (Å²) in [5.41, 5.74) is 0.658. The van der Waals surface area contributed by atoms with Gasteiger partial charge >= 0.3 is 6.09 Å². The van der Waals surface area contributed by atoms with Gasteiger partial charge in [-0.25, -0.2) is 4.79 Å². The fraction of sp³-hybridized carbons (Fsp3) is 0.611. The van der Waals surface area contributed by atoms with E-state index in [1.807, 2.05) is 39.0 Å². The Morgan fingerprint density at radius 2 is 1.96 bits per heavy atom. The molecule has 2 N–H and O–H groups in total. The minimum absolute atomic E-state index is 0.151. The quantitative estimate of drug-likeness (QED) is 0.723. The monoisotopic (exact) mass is 400 g/mol. The van der Waals surface area contributed by atoms with Gasteiger partial charge in [0.25, 0.3) is 0 Å². The molecule has 0 heterocycles. The van der Waals surface area contributed by atoms with Crippen LogP contribution in [0.3, 0.4) is 0 Å². The van der Waals surface area contributed by atoms with Crippen molar-refractivity contribution in [1.29, 1.82) is 0 Å². The summed E-state index contributed by atoms with van der Waals surface area (Å²) in [7, 11) is 1.65. The molecule has 0 aliphatic heterocycles. The molecular weight excluding hydrogens is 372 g/mol. The molecule has 24 heavy (non-hydrogen) atoms. The lowest BCUT2D eigenvalue weighted by Gasteiger charge is -2.25. The van der Waals surface area contributed by atoms with Crippen LogP contribution in [-0.4, -0.2) is 31.4 Å². The van der Waals surface area contributed by atoms with E-state index in [0.717, 1.165) is 15.8 Å². The molecule has 1 aromatic carbocycles. The largest absolute Gasteiger partial charge is 0.496 e. The Morgan fingerprint density at radius 1 is 1.29 bits per heavy atom. The van der Waals surface area contributed by atoms with Gasteiger partial charge in [0.05, 0.1) is 11.6 Å². The standard InChI is InChI=1S/C18H29BrN2O3/c1-12(2)15(11-21-17(22)24-18(3,4)5)20-10-13-7-8-16(23-6)14(19)9-13/h7-9,12,15,20H,10-11H2,1-6H3,(H,21,22). The molecule has 1 unspecified atom stereocenters. The minimum Gasteiger partial charge on any atom is -0.496 e. The molecule has 5 nitrogen and oxygen atoms in total. The van der Waals surface area contributed by atoms with E-state index in [4.69, 9.17) is 9.47 Å². The van der Waals surface area contributed by atoms with Crippen LogP contribution in [0, 0.1) is 5.92 Å². The van der Waals surface area contributed by atoms with Crippen molar-refractivity contribution in [3.05, 3.63) is 28.2 Å². The molecule has 1 rings (SSSR count). The minimum atomic E-state index is -0.486. The molecule has 1 aromatic rings. The average molecular weight is 401 g/mol. The van der Waals surface area contributed by atoms with Gasteiger partial charge in [-0.05, 0) is 60.3 Å². The van der Waals surface area contributed by atoms with Crippen LogP contribution < -0.4 is 15.4 Å².